The standard InChI is InChI=1S/C12H14N2O4/c1-7(15)5-13-12(17)8-2-3-10-9(4-8)14-11(16)6-18-10/h2-4,7,15H,5-6H2,1H3,(H,13,17)(H,14,16)/t7-/m1/s1. The molecule has 0 saturated carbocycles. The van der Waals surface area contributed by atoms with Gasteiger partial charge in [-0.15, -0.1) is 0 Å². The molecule has 0 spiro atoms. The number of aliphatic hydroxyl groups is 1. The van der Waals surface area contributed by atoms with E-state index in [9.17, 15) is 9.59 Å². The van der Waals surface area contributed by atoms with E-state index in [2.05, 4.69) is 10.6 Å². The van der Waals surface area contributed by atoms with Gasteiger partial charge in [0.05, 0.1) is 11.8 Å². The molecule has 3 N–H and O–H groups in total. The number of aliphatic hydroxyl groups excluding tert-OH is 1. The molecule has 1 atom stereocenters. The summed E-state index contributed by atoms with van der Waals surface area (Å²) in [4.78, 5) is 22.9. The minimum absolute atomic E-state index is 0.0133. The third-order valence-corrected chi connectivity index (χ3v) is 2.43. The second-order valence-corrected chi connectivity index (χ2v) is 4.11. The fourth-order valence-corrected chi connectivity index (χ4v) is 1.57. The smallest absolute Gasteiger partial charge is 0.262 e. The van der Waals surface area contributed by atoms with Crippen molar-refractivity contribution in [1.29, 1.82) is 0 Å². The molecule has 2 amide bonds. The molecule has 1 heterocycles. The number of carbonyl (C=O) groups is 2. The van der Waals surface area contributed by atoms with Gasteiger partial charge in [0.1, 0.15) is 5.75 Å². The Bertz CT molecular complexity index is 485. The molecule has 1 aliphatic rings. The minimum Gasteiger partial charge on any atom is -0.482 e. The number of carbonyl (C=O) groups excluding carboxylic acids is 2. The molecule has 1 aliphatic heterocycles. The van der Waals surface area contributed by atoms with Crippen LogP contribution >= 0.6 is 0 Å². The van der Waals surface area contributed by atoms with Gasteiger partial charge in [-0.05, 0) is 25.1 Å². The monoisotopic (exact) mass is 250 g/mol. The maximum atomic E-state index is 11.7. The first kappa shape index (κ1) is 12.4. The molecule has 0 bridgehead atoms. The van der Waals surface area contributed by atoms with Crippen LogP contribution in [0.4, 0.5) is 5.69 Å². The Labute approximate surface area is 104 Å². The third kappa shape index (κ3) is 2.78. The lowest BCUT2D eigenvalue weighted by Gasteiger charge is -2.18. The Morgan fingerprint density at radius 2 is 2.39 bits per heavy atom. The Morgan fingerprint density at radius 1 is 1.61 bits per heavy atom. The Morgan fingerprint density at radius 3 is 3.11 bits per heavy atom. The quantitative estimate of drug-likeness (QED) is 0.711. The zero-order chi connectivity index (χ0) is 13.1. The van der Waals surface area contributed by atoms with Gasteiger partial charge in [-0.3, -0.25) is 9.59 Å². The van der Waals surface area contributed by atoms with E-state index < -0.39 is 6.10 Å². The van der Waals surface area contributed by atoms with E-state index in [0.717, 1.165) is 0 Å². The molecule has 0 unspecified atom stereocenters. The third-order valence-electron chi connectivity index (χ3n) is 2.43. The van der Waals surface area contributed by atoms with E-state index in [-0.39, 0.29) is 25.0 Å². The second kappa shape index (κ2) is 5.05. The highest BCUT2D eigenvalue weighted by atomic mass is 16.5. The molecule has 96 valence electrons. The summed E-state index contributed by atoms with van der Waals surface area (Å²) in [6.45, 7) is 1.75. The van der Waals surface area contributed by atoms with Gasteiger partial charge in [-0.1, -0.05) is 0 Å². The van der Waals surface area contributed by atoms with Crippen molar-refractivity contribution in [1.82, 2.24) is 5.32 Å². The van der Waals surface area contributed by atoms with Crippen LogP contribution in [0.2, 0.25) is 0 Å². The highest BCUT2D eigenvalue weighted by Gasteiger charge is 2.17. The van der Waals surface area contributed by atoms with Crippen molar-refractivity contribution in [3.63, 3.8) is 0 Å². The van der Waals surface area contributed by atoms with Crippen LogP contribution in [0, 0.1) is 0 Å². The fourth-order valence-electron chi connectivity index (χ4n) is 1.57. The van der Waals surface area contributed by atoms with Crippen LogP contribution in [0.25, 0.3) is 0 Å². The van der Waals surface area contributed by atoms with Crippen molar-refractivity contribution in [2.75, 3.05) is 18.5 Å². The van der Waals surface area contributed by atoms with Gasteiger partial charge in [-0.2, -0.15) is 0 Å². The molecule has 6 nitrogen and oxygen atoms in total. The highest BCUT2D eigenvalue weighted by molar-refractivity contribution is 5.99. The summed E-state index contributed by atoms with van der Waals surface area (Å²) < 4.78 is 5.18. The van der Waals surface area contributed by atoms with Crippen molar-refractivity contribution in [2.24, 2.45) is 0 Å². The lowest BCUT2D eigenvalue weighted by Crippen LogP contribution is -2.31. The summed E-state index contributed by atoms with van der Waals surface area (Å²) in [5, 5.41) is 14.3. The topological polar surface area (TPSA) is 87.7 Å². The average molecular weight is 250 g/mol. The van der Waals surface area contributed by atoms with E-state index in [0.29, 0.717) is 17.0 Å². The van der Waals surface area contributed by atoms with E-state index in [1.165, 1.54) is 0 Å². The first-order valence-corrected chi connectivity index (χ1v) is 5.59. The largest absolute Gasteiger partial charge is 0.482 e. The minimum atomic E-state index is -0.602. The van der Waals surface area contributed by atoms with Gasteiger partial charge in [0.2, 0.25) is 0 Å². The van der Waals surface area contributed by atoms with Crippen LogP contribution in [-0.4, -0.2) is 36.2 Å². The summed E-state index contributed by atoms with van der Waals surface area (Å²) in [5.41, 5.74) is 0.885. The van der Waals surface area contributed by atoms with E-state index in [1.807, 2.05) is 0 Å². The number of nitrogens with one attached hydrogen (secondary N) is 2. The van der Waals surface area contributed by atoms with Gasteiger partial charge >= 0.3 is 0 Å². The number of hydrogen-bond donors (Lipinski definition) is 3. The van der Waals surface area contributed by atoms with Crippen molar-refractivity contribution < 1.29 is 19.4 Å². The normalized spacial score (nSPS) is 15.1. The predicted octanol–water partition coefficient (Wildman–Crippen LogP) is 0.128. The van der Waals surface area contributed by atoms with Crippen LogP contribution in [0.5, 0.6) is 5.75 Å². The summed E-state index contributed by atoms with van der Waals surface area (Å²) in [5.74, 6) is -0.00997. The van der Waals surface area contributed by atoms with Crippen LogP contribution in [-0.2, 0) is 4.79 Å². The lowest BCUT2D eigenvalue weighted by atomic mass is 10.1. The maximum Gasteiger partial charge on any atom is 0.262 e. The number of benzene rings is 1. The van der Waals surface area contributed by atoms with E-state index >= 15 is 0 Å². The molecule has 1 aromatic rings. The van der Waals surface area contributed by atoms with Gasteiger partial charge in [0.15, 0.2) is 6.61 Å². The van der Waals surface area contributed by atoms with E-state index in [1.54, 1.807) is 25.1 Å². The predicted molar refractivity (Wildman–Crippen MR) is 64.6 cm³/mol. The molecule has 0 radical (unpaired) electrons. The van der Waals surface area contributed by atoms with Crippen molar-refractivity contribution >= 4 is 17.5 Å². The lowest BCUT2D eigenvalue weighted by molar-refractivity contribution is -0.118. The zero-order valence-electron chi connectivity index (χ0n) is 9.90. The van der Waals surface area contributed by atoms with Crippen molar-refractivity contribution in [2.45, 2.75) is 13.0 Å². The highest BCUT2D eigenvalue weighted by Crippen LogP contribution is 2.28. The average Bonchev–Trinajstić information content (AvgIpc) is 2.34. The molecule has 18 heavy (non-hydrogen) atoms. The van der Waals surface area contributed by atoms with Gasteiger partial charge in [0, 0.05) is 12.1 Å². The molecule has 0 saturated heterocycles. The Hall–Kier alpha value is -2.08. The SMILES string of the molecule is C[C@@H](O)CNC(=O)c1ccc2c(c1)NC(=O)CO2. The molecule has 1 aromatic carbocycles. The summed E-state index contributed by atoms with van der Waals surface area (Å²) in [7, 11) is 0. The van der Waals surface area contributed by atoms with Crippen LogP contribution in [0.1, 0.15) is 17.3 Å². The van der Waals surface area contributed by atoms with Gasteiger partial charge in [-0.25, -0.2) is 0 Å². The summed E-state index contributed by atoms with van der Waals surface area (Å²) >= 11 is 0. The zero-order valence-corrected chi connectivity index (χ0v) is 9.90. The molecule has 2 rings (SSSR count). The number of hydrogen-bond acceptors (Lipinski definition) is 4. The van der Waals surface area contributed by atoms with Crippen LogP contribution < -0.4 is 15.4 Å². The molecular formula is C12H14N2O4. The molecular weight excluding hydrogens is 236 g/mol. The van der Waals surface area contributed by atoms with Gasteiger partial charge in [0.25, 0.3) is 11.8 Å². The Balaban J connectivity index is 2.13. The fraction of sp³-hybridized carbons (Fsp3) is 0.333. The van der Waals surface area contributed by atoms with Crippen molar-refractivity contribution in [3.8, 4) is 5.75 Å². The number of anilines is 1. The first-order valence-electron chi connectivity index (χ1n) is 5.59. The molecule has 0 fully saturated rings. The number of ether oxygens (including phenoxy) is 1. The van der Waals surface area contributed by atoms with E-state index in [4.69, 9.17) is 9.84 Å². The van der Waals surface area contributed by atoms with Crippen LogP contribution in [0.15, 0.2) is 18.2 Å². The number of rotatable bonds is 3. The second-order valence-electron chi connectivity index (χ2n) is 4.11. The molecule has 0 aromatic heterocycles. The summed E-state index contributed by atoms with van der Waals surface area (Å²) in [6, 6.07) is 4.78. The maximum absolute atomic E-state index is 11.7. The van der Waals surface area contributed by atoms with Crippen LogP contribution in [0.3, 0.4) is 0 Å². The van der Waals surface area contributed by atoms with Gasteiger partial charge < -0.3 is 20.5 Å². The molecule has 6 heteroatoms. The van der Waals surface area contributed by atoms with Crippen molar-refractivity contribution in [3.05, 3.63) is 23.8 Å². The first-order chi connectivity index (χ1) is 8.56. The number of fused-ring (bicyclic) bond motifs is 1. The summed E-state index contributed by atoms with van der Waals surface area (Å²) in [6.07, 6.45) is -0.602. The number of amides is 2. The Kier molecular flexibility index (Phi) is 3.47. The molecule has 0 aliphatic carbocycles.